The molecule has 0 radical (unpaired) electrons. The van der Waals surface area contributed by atoms with Crippen molar-refractivity contribution in [3.8, 4) is 0 Å². The van der Waals surface area contributed by atoms with Gasteiger partial charge in [-0.25, -0.2) is 4.79 Å². The summed E-state index contributed by atoms with van der Waals surface area (Å²) in [6.45, 7) is 3.52. The molecule has 0 bridgehead atoms. The van der Waals surface area contributed by atoms with E-state index in [1.807, 2.05) is 0 Å². The average Bonchev–Trinajstić information content (AvgIpc) is 2.82. The molecule has 3 heteroatoms. The van der Waals surface area contributed by atoms with Crippen LogP contribution in [0.4, 0.5) is 0 Å². The van der Waals surface area contributed by atoms with Crippen molar-refractivity contribution in [1.29, 1.82) is 0 Å². The first kappa shape index (κ1) is 22.4. The van der Waals surface area contributed by atoms with E-state index >= 15 is 0 Å². The molecule has 30 heavy (non-hydrogen) atoms. The van der Waals surface area contributed by atoms with Crippen molar-refractivity contribution in [2.75, 3.05) is 0 Å². The van der Waals surface area contributed by atoms with E-state index in [9.17, 15) is 4.79 Å². The first-order valence-corrected chi connectivity index (χ1v) is 13.3. The van der Waals surface area contributed by atoms with E-state index < -0.39 is 0 Å². The standard InChI is InChI=1S/C27H45NO2/c1-2-27(29)30-26-19-15-22(16-20-26)21-13-17-25(18-14-21)28(23-9-5-3-6-10-23)24-11-7-4-8-12-24/h2,21-26H,1,3-20H2. The zero-order valence-electron chi connectivity index (χ0n) is 19.2. The van der Waals surface area contributed by atoms with Gasteiger partial charge in [0.1, 0.15) is 6.10 Å². The molecule has 0 saturated heterocycles. The van der Waals surface area contributed by atoms with Crippen LogP contribution in [0.2, 0.25) is 0 Å². The summed E-state index contributed by atoms with van der Waals surface area (Å²) in [5, 5.41) is 0. The average molecular weight is 416 g/mol. The summed E-state index contributed by atoms with van der Waals surface area (Å²) >= 11 is 0. The highest BCUT2D eigenvalue weighted by Crippen LogP contribution is 2.42. The van der Waals surface area contributed by atoms with Crippen LogP contribution in [-0.4, -0.2) is 35.1 Å². The topological polar surface area (TPSA) is 29.5 Å². The van der Waals surface area contributed by atoms with Crippen molar-refractivity contribution < 1.29 is 9.53 Å². The Balaban J connectivity index is 1.28. The molecule has 4 rings (SSSR count). The quantitative estimate of drug-likeness (QED) is 0.353. The summed E-state index contributed by atoms with van der Waals surface area (Å²) in [6.07, 6.45) is 26.4. The van der Waals surface area contributed by atoms with E-state index in [1.54, 1.807) is 0 Å². The minimum absolute atomic E-state index is 0.135. The predicted molar refractivity (Wildman–Crippen MR) is 123 cm³/mol. The summed E-state index contributed by atoms with van der Waals surface area (Å²) in [5.74, 6) is 1.53. The molecule has 4 saturated carbocycles. The second-order valence-corrected chi connectivity index (χ2v) is 10.8. The molecular formula is C27H45NO2. The van der Waals surface area contributed by atoms with Crippen LogP contribution in [-0.2, 0) is 9.53 Å². The van der Waals surface area contributed by atoms with Gasteiger partial charge in [0.25, 0.3) is 0 Å². The fourth-order valence-electron chi connectivity index (χ4n) is 7.41. The van der Waals surface area contributed by atoms with Gasteiger partial charge in [-0.1, -0.05) is 45.1 Å². The number of esters is 1. The smallest absolute Gasteiger partial charge is 0.330 e. The summed E-state index contributed by atoms with van der Waals surface area (Å²) < 4.78 is 5.50. The molecule has 0 aromatic carbocycles. The molecule has 0 aromatic rings. The van der Waals surface area contributed by atoms with Crippen LogP contribution in [0.25, 0.3) is 0 Å². The Morgan fingerprint density at radius 3 is 1.53 bits per heavy atom. The van der Waals surface area contributed by atoms with Gasteiger partial charge in [0.15, 0.2) is 0 Å². The van der Waals surface area contributed by atoms with Crippen molar-refractivity contribution in [3.63, 3.8) is 0 Å². The van der Waals surface area contributed by atoms with Crippen LogP contribution in [0.5, 0.6) is 0 Å². The summed E-state index contributed by atoms with van der Waals surface area (Å²) in [6, 6.07) is 2.63. The second kappa shape index (κ2) is 11.2. The molecule has 0 spiro atoms. The third-order valence-electron chi connectivity index (χ3n) is 8.99. The van der Waals surface area contributed by atoms with E-state index in [-0.39, 0.29) is 12.1 Å². The van der Waals surface area contributed by atoms with E-state index in [0.29, 0.717) is 0 Å². The molecule has 0 aromatic heterocycles. The van der Waals surface area contributed by atoms with E-state index in [2.05, 4.69) is 11.5 Å². The molecule has 170 valence electrons. The normalized spacial score (nSPS) is 34.6. The van der Waals surface area contributed by atoms with Crippen molar-refractivity contribution in [3.05, 3.63) is 12.7 Å². The molecule has 4 aliphatic rings. The van der Waals surface area contributed by atoms with Crippen LogP contribution in [0.15, 0.2) is 12.7 Å². The van der Waals surface area contributed by atoms with Gasteiger partial charge >= 0.3 is 5.97 Å². The Hall–Kier alpha value is -0.830. The lowest BCUT2D eigenvalue weighted by molar-refractivity contribution is -0.145. The van der Waals surface area contributed by atoms with Crippen LogP contribution in [0.3, 0.4) is 0 Å². The van der Waals surface area contributed by atoms with Crippen molar-refractivity contribution in [2.45, 2.75) is 140 Å². The van der Waals surface area contributed by atoms with Gasteiger partial charge in [-0.15, -0.1) is 0 Å². The highest BCUT2D eigenvalue weighted by molar-refractivity contribution is 5.81. The van der Waals surface area contributed by atoms with Crippen molar-refractivity contribution in [1.82, 2.24) is 4.90 Å². The summed E-state index contributed by atoms with van der Waals surface area (Å²) in [7, 11) is 0. The monoisotopic (exact) mass is 415 g/mol. The highest BCUT2D eigenvalue weighted by atomic mass is 16.5. The third-order valence-corrected chi connectivity index (χ3v) is 8.99. The first-order chi connectivity index (χ1) is 14.7. The zero-order chi connectivity index (χ0) is 20.8. The summed E-state index contributed by atoms with van der Waals surface area (Å²) in [5.41, 5.74) is 0. The lowest BCUT2D eigenvalue weighted by atomic mass is 9.71. The molecule has 4 aliphatic carbocycles. The molecule has 0 heterocycles. The number of ether oxygens (including phenoxy) is 1. The lowest BCUT2D eigenvalue weighted by Crippen LogP contribution is -2.52. The Kier molecular flexibility index (Phi) is 8.32. The molecule has 3 nitrogen and oxygen atoms in total. The van der Waals surface area contributed by atoms with Crippen LogP contribution >= 0.6 is 0 Å². The maximum atomic E-state index is 11.5. The van der Waals surface area contributed by atoms with Gasteiger partial charge in [-0.3, -0.25) is 4.90 Å². The Morgan fingerprint density at radius 1 is 0.633 bits per heavy atom. The predicted octanol–water partition coefficient (Wildman–Crippen LogP) is 6.80. The van der Waals surface area contributed by atoms with E-state index in [4.69, 9.17) is 4.74 Å². The Morgan fingerprint density at radius 2 is 1.07 bits per heavy atom. The van der Waals surface area contributed by atoms with E-state index in [1.165, 1.54) is 109 Å². The second-order valence-electron chi connectivity index (χ2n) is 10.8. The van der Waals surface area contributed by atoms with Gasteiger partial charge in [0.2, 0.25) is 0 Å². The molecule has 0 amide bonds. The fourth-order valence-corrected chi connectivity index (χ4v) is 7.41. The Labute approximate surface area is 185 Å². The van der Waals surface area contributed by atoms with Gasteiger partial charge in [-0.2, -0.15) is 0 Å². The maximum absolute atomic E-state index is 11.5. The minimum atomic E-state index is -0.246. The molecule has 0 aliphatic heterocycles. The first-order valence-electron chi connectivity index (χ1n) is 13.3. The third kappa shape index (κ3) is 5.69. The number of carbonyl (C=O) groups is 1. The van der Waals surface area contributed by atoms with E-state index in [0.717, 1.165) is 42.8 Å². The maximum Gasteiger partial charge on any atom is 0.330 e. The zero-order valence-corrected chi connectivity index (χ0v) is 19.2. The van der Waals surface area contributed by atoms with Crippen LogP contribution in [0, 0.1) is 11.8 Å². The van der Waals surface area contributed by atoms with Crippen molar-refractivity contribution in [2.24, 2.45) is 11.8 Å². The fraction of sp³-hybridized carbons (Fsp3) is 0.889. The molecule has 0 N–H and O–H groups in total. The minimum Gasteiger partial charge on any atom is -0.459 e. The van der Waals surface area contributed by atoms with Crippen molar-refractivity contribution >= 4 is 5.97 Å². The molecule has 4 fully saturated rings. The number of rotatable bonds is 6. The van der Waals surface area contributed by atoms with Crippen LogP contribution < -0.4 is 0 Å². The molecule has 0 atom stereocenters. The van der Waals surface area contributed by atoms with Gasteiger partial charge in [0.05, 0.1) is 0 Å². The lowest BCUT2D eigenvalue weighted by Gasteiger charge is -2.49. The highest BCUT2D eigenvalue weighted by Gasteiger charge is 2.38. The number of carbonyl (C=O) groups excluding carboxylic acids is 1. The van der Waals surface area contributed by atoms with Gasteiger partial charge < -0.3 is 4.74 Å². The van der Waals surface area contributed by atoms with Crippen LogP contribution in [0.1, 0.15) is 116 Å². The Bertz CT molecular complexity index is 515. The SMILES string of the molecule is C=CC(=O)OC1CCC(C2CCC(N(C3CCCCC3)C3CCCCC3)CC2)CC1. The number of hydrogen-bond donors (Lipinski definition) is 0. The number of nitrogens with zero attached hydrogens (tertiary/aromatic N) is 1. The number of hydrogen-bond acceptors (Lipinski definition) is 3. The van der Waals surface area contributed by atoms with Gasteiger partial charge in [-0.05, 0) is 88.9 Å². The molecular weight excluding hydrogens is 370 g/mol. The largest absolute Gasteiger partial charge is 0.459 e. The summed E-state index contributed by atoms with van der Waals surface area (Å²) in [4.78, 5) is 14.6. The molecule has 0 unspecified atom stereocenters. The van der Waals surface area contributed by atoms with Gasteiger partial charge in [0, 0.05) is 24.2 Å².